The molecule has 0 aliphatic carbocycles. The van der Waals surface area contributed by atoms with Crippen molar-refractivity contribution in [2.45, 2.75) is 84.1 Å². The van der Waals surface area contributed by atoms with Crippen LogP contribution in [0.3, 0.4) is 0 Å². The summed E-state index contributed by atoms with van der Waals surface area (Å²) in [5.74, 6) is 0.0887. The Kier molecular flexibility index (Phi) is 8.37. The van der Waals surface area contributed by atoms with E-state index < -0.39 is 33.5 Å². The average molecular weight is 508 g/mol. The molecule has 0 spiro atoms. The van der Waals surface area contributed by atoms with Crippen LogP contribution in [-0.2, 0) is 4.74 Å². The number of carbonyl (C=O) groups is 3. The van der Waals surface area contributed by atoms with Crippen LogP contribution in [0.2, 0.25) is 4.71 Å². The summed E-state index contributed by atoms with van der Waals surface area (Å²) in [6.45, 7) is 13.8. The third-order valence-corrected chi connectivity index (χ3v) is 8.06. The zero-order chi connectivity index (χ0) is 24.3. The van der Waals surface area contributed by atoms with E-state index in [1.165, 1.54) is 0 Å². The van der Waals surface area contributed by atoms with E-state index >= 15 is 0 Å². The number of anilines is 1. The van der Waals surface area contributed by atoms with Gasteiger partial charge >= 0.3 is 197 Å². The van der Waals surface area contributed by atoms with Gasteiger partial charge in [-0.2, -0.15) is 0 Å². The van der Waals surface area contributed by atoms with Gasteiger partial charge in [-0.1, -0.05) is 0 Å². The molecular weight excluding hydrogens is 473 g/mol. The van der Waals surface area contributed by atoms with E-state index in [4.69, 9.17) is 4.74 Å². The van der Waals surface area contributed by atoms with Crippen LogP contribution < -0.4 is 9.80 Å². The fourth-order valence-electron chi connectivity index (χ4n) is 3.97. The molecule has 2 N–H and O–H groups in total. The number of nitrogens with one attached hydrogen (secondary N) is 1. The fourth-order valence-corrected chi connectivity index (χ4v) is 7.58. The van der Waals surface area contributed by atoms with Crippen LogP contribution in [0.15, 0.2) is 12.1 Å². The number of amides is 2. The molecule has 0 bridgehead atoms. The van der Waals surface area contributed by atoms with Gasteiger partial charge < -0.3 is 0 Å². The summed E-state index contributed by atoms with van der Waals surface area (Å²) in [5.41, 5.74) is -0.536. The van der Waals surface area contributed by atoms with Crippen molar-refractivity contribution in [3.63, 3.8) is 0 Å². The van der Waals surface area contributed by atoms with E-state index in [2.05, 4.69) is 31.1 Å². The maximum atomic E-state index is 12.4. The number of nitrogens with zero attached hydrogens (tertiary/aromatic N) is 2. The molecule has 1 aliphatic heterocycles. The number of hydrogen-bond acceptors (Lipinski definition) is 5. The summed E-state index contributed by atoms with van der Waals surface area (Å²) in [6, 6.07) is 3.43. The molecule has 0 saturated carbocycles. The predicted molar refractivity (Wildman–Crippen MR) is 125 cm³/mol. The summed E-state index contributed by atoms with van der Waals surface area (Å²) < 4.78 is 6.31. The Balaban J connectivity index is 2.35. The minimum absolute atomic E-state index is 0.116. The third-order valence-electron chi connectivity index (χ3n) is 5.15. The van der Waals surface area contributed by atoms with Gasteiger partial charge in [0.1, 0.15) is 0 Å². The summed E-state index contributed by atoms with van der Waals surface area (Å²) in [5, 5.41) is 12.4. The zero-order valence-electron chi connectivity index (χ0n) is 20.1. The number of rotatable bonds is 5. The number of likely N-dealkylation sites (tertiary alicyclic amines) is 1. The van der Waals surface area contributed by atoms with Crippen LogP contribution in [-0.4, -0.2) is 66.9 Å². The molecule has 2 rings (SSSR count). The molecule has 1 aromatic heterocycles. The zero-order valence-corrected chi connectivity index (χ0v) is 21.9. The van der Waals surface area contributed by atoms with Crippen molar-refractivity contribution in [2.75, 3.05) is 11.9 Å². The topological polar surface area (TPSA) is 109 Å². The van der Waals surface area contributed by atoms with Gasteiger partial charge in [-0.25, -0.2) is 0 Å². The van der Waals surface area contributed by atoms with Crippen LogP contribution in [0.4, 0.5) is 15.4 Å². The molecule has 1 aromatic rings. The number of Topliss-reactive ketones (excluding diaryl/α,β-unsaturated/α-hetero) is 1. The molecule has 2 unspecified atom stereocenters. The Morgan fingerprint density at radius 2 is 1.88 bits per heavy atom. The van der Waals surface area contributed by atoms with Crippen molar-refractivity contribution in [3.05, 3.63) is 17.7 Å². The molecule has 8 nitrogen and oxygen atoms in total. The van der Waals surface area contributed by atoms with E-state index in [1.807, 2.05) is 6.07 Å². The first-order valence-electron chi connectivity index (χ1n) is 11.0. The molecule has 1 fully saturated rings. The maximum absolute atomic E-state index is 12.4. The van der Waals surface area contributed by atoms with Crippen molar-refractivity contribution in [2.24, 2.45) is 5.41 Å². The van der Waals surface area contributed by atoms with E-state index in [0.717, 1.165) is 17.3 Å². The fraction of sp³-hybridized carbons (Fsp3) is 0.652. The van der Waals surface area contributed by atoms with Crippen LogP contribution in [0.25, 0.3) is 0 Å². The Bertz CT molecular complexity index is 860. The van der Waals surface area contributed by atoms with Crippen LogP contribution in [0.5, 0.6) is 0 Å². The quantitative estimate of drug-likeness (QED) is 0.453. The predicted octanol–water partition coefficient (Wildman–Crippen LogP) is 4.33. The monoisotopic (exact) mass is 508 g/mol. The molecule has 2 amide bonds. The Morgan fingerprint density at radius 3 is 2.41 bits per heavy atom. The third kappa shape index (κ3) is 6.96. The van der Waals surface area contributed by atoms with Crippen molar-refractivity contribution < 1.29 is 24.2 Å². The summed E-state index contributed by atoms with van der Waals surface area (Å²) in [7, 11) is 0. The molecule has 1 aliphatic rings. The number of pyridine rings is 1. The van der Waals surface area contributed by atoms with Gasteiger partial charge in [0.15, 0.2) is 0 Å². The molecule has 9 heteroatoms. The van der Waals surface area contributed by atoms with E-state index in [0.29, 0.717) is 18.5 Å². The first-order valence-corrected chi connectivity index (χ1v) is 13.0. The number of carbonyl (C=O) groups excluding carboxylic acids is 2. The van der Waals surface area contributed by atoms with E-state index in [1.54, 1.807) is 38.7 Å². The van der Waals surface area contributed by atoms with Gasteiger partial charge in [-0.15, -0.1) is 0 Å². The molecule has 2 atom stereocenters. The second kappa shape index (κ2) is 10.2. The second-order valence-electron chi connectivity index (χ2n) is 10.1. The first-order chi connectivity index (χ1) is 14.7. The summed E-state index contributed by atoms with van der Waals surface area (Å²) >= 11 is -0.498. The van der Waals surface area contributed by atoms with Crippen LogP contribution in [0, 0.1) is 5.41 Å². The van der Waals surface area contributed by atoms with Gasteiger partial charge in [0.2, 0.25) is 0 Å². The number of ketones is 1. The minimum atomic E-state index is -0.889. The van der Waals surface area contributed by atoms with Crippen molar-refractivity contribution in [1.29, 1.82) is 0 Å². The normalized spacial score (nSPS) is 19.8. The number of carboxylic acid groups (broad SMARTS) is 1. The molecule has 2 heterocycles. The number of ether oxygens (including phenoxy) is 1. The van der Waals surface area contributed by atoms with Gasteiger partial charge in [0, 0.05) is 0 Å². The van der Waals surface area contributed by atoms with Crippen molar-refractivity contribution in [1.82, 2.24) is 9.88 Å². The molecule has 0 aromatic carbocycles. The molecule has 177 valence electrons. The summed E-state index contributed by atoms with van der Waals surface area (Å²) in [6.07, 6.45) is 0.484. The number of hydrogen-bond donors (Lipinski definition) is 2. The van der Waals surface area contributed by atoms with Crippen molar-refractivity contribution >= 4 is 44.0 Å². The van der Waals surface area contributed by atoms with Gasteiger partial charge in [0.25, 0.3) is 0 Å². The van der Waals surface area contributed by atoms with E-state index in [9.17, 15) is 19.5 Å². The van der Waals surface area contributed by atoms with Gasteiger partial charge in [-0.3, -0.25) is 0 Å². The molecule has 1 radical (unpaired) electrons. The number of aromatic nitrogens is 1. The van der Waals surface area contributed by atoms with Crippen LogP contribution in [0.1, 0.15) is 78.1 Å². The van der Waals surface area contributed by atoms with Gasteiger partial charge in [0.05, 0.1) is 0 Å². The van der Waals surface area contributed by atoms with Gasteiger partial charge in [-0.05, 0) is 0 Å². The molecular formula is C23H35AsN3O5. The van der Waals surface area contributed by atoms with Crippen LogP contribution >= 0.6 is 0 Å². The van der Waals surface area contributed by atoms with Crippen molar-refractivity contribution in [3.8, 4) is 0 Å². The standard InChI is InChI=1S/C23H35AsN3O5/c1-8-16(28)14-11-12-17(25-19(14)26-20(29)32-23(5,6)7)24-15-10-9-13-27(21(30)31)18(15)22(2,3)4/h11-12,15,18H,8-10,13H2,1-7H3,(H,30,31)(H,25,26,29). The Morgan fingerprint density at radius 1 is 1.22 bits per heavy atom. The average Bonchev–Trinajstić information content (AvgIpc) is 2.65. The molecule has 32 heavy (non-hydrogen) atoms. The summed E-state index contributed by atoms with van der Waals surface area (Å²) in [4.78, 5) is 42.8. The number of piperidine rings is 1. The first kappa shape index (κ1) is 26.2. The Hall–Kier alpha value is -2.08. The van der Waals surface area contributed by atoms with E-state index in [-0.39, 0.29) is 27.8 Å². The SMILES string of the molecule is CCC(=O)c1ccc([As]C2CCCN(C(=O)O)C2C(C)(C)C)nc1NC(=O)OC(C)(C)C. The Labute approximate surface area is 197 Å². The molecule has 1 saturated heterocycles. The second-order valence-corrected chi connectivity index (χ2v) is 13.0.